The van der Waals surface area contributed by atoms with Crippen molar-refractivity contribution in [3.05, 3.63) is 29.6 Å². The normalized spacial score (nSPS) is 12.8. The van der Waals surface area contributed by atoms with Crippen LogP contribution in [0, 0.1) is 6.92 Å². The van der Waals surface area contributed by atoms with Crippen molar-refractivity contribution in [1.82, 2.24) is 10.3 Å². The predicted octanol–water partition coefficient (Wildman–Crippen LogP) is 1.30. The number of aromatic nitrogens is 1. The first-order valence-electron chi connectivity index (χ1n) is 4.36. The Hall–Kier alpha value is -0.930. The van der Waals surface area contributed by atoms with E-state index < -0.39 is 0 Å². The summed E-state index contributed by atoms with van der Waals surface area (Å²) in [5.41, 5.74) is 2.44. The van der Waals surface area contributed by atoms with Crippen molar-refractivity contribution in [2.75, 3.05) is 20.8 Å². The number of methoxy groups -OCH3 is 1. The molecule has 0 aliphatic rings. The summed E-state index contributed by atoms with van der Waals surface area (Å²) >= 11 is 0. The summed E-state index contributed by atoms with van der Waals surface area (Å²) in [5.74, 6) is 0. The second-order valence-corrected chi connectivity index (χ2v) is 3.03. The van der Waals surface area contributed by atoms with Crippen molar-refractivity contribution in [3.63, 3.8) is 0 Å². The van der Waals surface area contributed by atoms with E-state index in [2.05, 4.69) is 17.2 Å². The Labute approximate surface area is 79.1 Å². The lowest BCUT2D eigenvalue weighted by atomic mass is 10.0. The summed E-state index contributed by atoms with van der Waals surface area (Å²) in [7, 11) is 3.64. The third kappa shape index (κ3) is 2.50. The highest BCUT2D eigenvalue weighted by Crippen LogP contribution is 2.15. The van der Waals surface area contributed by atoms with Crippen molar-refractivity contribution < 1.29 is 4.74 Å². The van der Waals surface area contributed by atoms with Crippen molar-refractivity contribution in [2.45, 2.75) is 13.0 Å². The molecule has 0 aromatic carbocycles. The van der Waals surface area contributed by atoms with Gasteiger partial charge in [-0.2, -0.15) is 0 Å². The second-order valence-electron chi connectivity index (χ2n) is 3.03. The maximum Gasteiger partial charge on any atom is 0.0657 e. The van der Waals surface area contributed by atoms with Crippen LogP contribution in [0.5, 0.6) is 0 Å². The molecule has 1 aromatic rings. The number of aryl methyl sites for hydroxylation is 1. The number of hydrogen-bond donors (Lipinski definition) is 1. The number of ether oxygens (including phenoxy) is 1. The van der Waals surface area contributed by atoms with E-state index in [0.717, 1.165) is 0 Å². The summed E-state index contributed by atoms with van der Waals surface area (Å²) in [6.45, 7) is 2.74. The Morgan fingerprint density at radius 1 is 1.62 bits per heavy atom. The van der Waals surface area contributed by atoms with Crippen LogP contribution >= 0.6 is 0 Å². The maximum absolute atomic E-state index is 5.12. The van der Waals surface area contributed by atoms with E-state index >= 15 is 0 Å². The monoisotopic (exact) mass is 180 g/mol. The van der Waals surface area contributed by atoms with Crippen LogP contribution in [0.3, 0.4) is 0 Å². The van der Waals surface area contributed by atoms with Gasteiger partial charge in [-0.25, -0.2) is 0 Å². The van der Waals surface area contributed by atoms with E-state index in [4.69, 9.17) is 4.74 Å². The highest BCUT2D eigenvalue weighted by Gasteiger charge is 2.10. The molecular weight excluding hydrogens is 164 g/mol. The van der Waals surface area contributed by atoms with Crippen LogP contribution in [0.1, 0.15) is 17.2 Å². The van der Waals surface area contributed by atoms with Gasteiger partial charge in [0, 0.05) is 19.5 Å². The standard InChI is InChI=1S/C10H16N2O/c1-8-6-12-5-4-9(8)10(11-2)7-13-3/h4-6,10-11H,7H2,1-3H3. The van der Waals surface area contributed by atoms with Crippen LogP contribution in [0.25, 0.3) is 0 Å². The molecule has 13 heavy (non-hydrogen) atoms. The summed E-state index contributed by atoms with van der Waals surface area (Å²) < 4.78 is 5.12. The maximum atomic E-state index is 5.12. The average molecular weight is 180 g/mol. The topological polar surface area (TPSA) is 34.1 Å². The van der Waals surface area contributed by atoms with Gasteiger partial charge < -0.3 is 10.1 Å². The van der Waals surface area contributed by atoms with Gasteiger partial charge in [0.1, 0.15) is 0 Å². The second kappa shape index (κ2) is 4.94. The SMILES string of the molecule is CNC(COC)c1ccncc1C. The van der Waals surface area contributed by atoms with Gasteiger partial charge in [-0.1, -0.05) is 0 Å². The largest absolute Gasteiger partial charge is 0.383 e. The molecule has 1 unspecified atom stereocenters. The molecule has 72 valence electrons. The molecule has 3 nitrogen and oxygen atoms in total. The van der Waals surface area contributed by atoms with E-state index in [1.54, 1.807) is 7.11 Å². The third-order valence-corrected chi connectivity index (χ3v) is 2.12. The highest BCUT2D eigenvalue weighted by atomic mass is 16.5. The van der Waals surface area contributed by atoms with Crippen LogP contribution in [0.15, 0.2) is 18.5 Å². The van der Waals surface area contributed by atoms with Crippen LogP contribution < -0.4 is 5.32 Å². The highest BCUT2D eigenvalue weighted by molar-refractivity contribution is 5.25. The fraction of sp³-hybridized carbons (Fsp3) is 0.500. The van der Waals surface area contributed by atoms with Crippen molar-refractivity contribution in [1.29, 1.82) is 0 Å². The Bertz CT molecular complexity index is 263. The van der Waals surface area contributed by atoms with Gasteiger partial charge in [0.2, 0.25) is 0 Å². The van der Waals surface area contributed by atoms with E-state index in [9.17, 15) is 0 Å². The van der Waals surface area contributed by atoms with Crippen LogP contribution in [0.2, 0.25) is 0 Å². The minimum absolute atomic E-state index is 0.257. The van der Waals surface area contributed by atoms with E-state index in [1.807, 2.05) is 25.5 Å². The molecule has 1 heterocycles. The zero-order chi connectivity index (χ0) is 9.68. The van der Waals surface area contributed by atoms with Gasteiger partial charge in [-0.05, 0) is 31.2 Å². The number of hydrogen-bond acceptors (Lipinski definition) is 3. The number of likely N-dealkylation sites (N-methyl/N-ethyl adjacent to an activating group) is 1. The molecule has 0 saturated carbocycles. The molecule has 0 fully saturated rings. The number of pyridine rings is 1. The van der Waals surface area contributed by atoms with Crippen LogP contribution in [-0.2, 0) is 4.74 Å². The minimum Gasteiger partial charge on any atom is -0.383 e. The zero-order valence-electron chi connectivity index (χ0n) is 8.37. The molecule has 1 N–H and O–H groups in total. The Morgan fingerprint density at radius 2 is 2.38 bits per heavy atom. The molecule has 0 spiro atoms. The molecule has 1 atom stereocenters. The number of nitrogens with one attached hydrogen (secondary N) is 1. The first-order valence-corrected chi connectivity index (χ1v) is 4.36. The summed E-state index contributed by atoms with van der Waals surface area (Å²) in [5, 5.41) is 3.21. The summed E-state index contributed by atoms with van der Waals surface area (Å²) in [6.07, 6.45) is 3.68. The van der Waals surface area contributed by atoms with Gasteiger partial charge in [0.15, 0.2) is 0 Å². The van der Waals surface area contributed by atoms with Crippen molar-refractivity contribution >= 4 is 0 Å². The Kier molecular flexibility index (Phi) is 3.86. The smallest absolute Gasteiger partial charge is 0.0657 e. The summed E-state index contributed by atoms with van der Waals surface area (Å²) in [6, 6.07) is 2.28. The molecule has 0 saturated heterocycles. The molecular formula is C10H16N2O. The van der Waals surface area contributed by atoms with E-state index in [-0.39, 0.29) is 6.04 Å². The van der Waals surface area contributed by atoms with Gasteiger partial charge in [-0.15, -0.1) is 0 Å². The van der Waals surface area contributed by atoms with Gasteiger partial charge in [-0.3, -0.25) is 4.98 Å². The predicted molar refractivity (Wildman–Crippen MR) is 52.7 cm³/mol. The fourth-order valence-corrected chi connectivity index (χ4v) is 1.37. The Balaban J connectivity index is 2.84. The first-order chi connectivity index (χ1) is 6.29. The molecule has 0 amide bonds. The quantitative estimate of drug-likeness (QED) is 0.758. The van der Waals surface area contributed by atoms with Crippen molar-refractivity contribution in [3.8, 4) is 0 Å². The van der Waals surface area contributed by atoms with E-state index in [1.165, 1.54) is 11.1 Å². The third-order valence-electron chi connectivity index (χ3n) is 2.12. The molecule has 0 aliphatic heterocycles. The Morgan fingerprint density at radius 3 is 2.92 bits per heavy atom. The molecule has 1 rings (SSSR count). The lowest BCUT2D eigenvalue weighted by Crippen LogP contribution is -2.22. The fourth-order valence-electron chi connectivity index (χ4n) is 1.37. The zero-order valence-corrected chi connectivity index (χ0v) is 8.37. The molecule has 3 heteroatoms. The van der Waals surface area contributed by atoms with Gasteiger partial charge in [0.05, 0.1) is 12.6 Å². The minimum atomic E-state index is 0.257. The molecule has 0 radical (unpaired) electrons. The van der Waals surface area contributed by atoms with E-state index in [0.29, 0.717) is 6.61 Å². The lowest BCUT2D eigenvalue weighted by Gasteiger charge is -2.17. The van der Waals surface area contributed by atoms with Crippen LogP contribution in [-0.4, -0.2) is 25.7 Å². The van der Waals surface area contributed by atoms with Crippen LogP contribution in [0.4, 0.5) is 0 Å². The lowest BCUT2D eigenvalue weighted by molar-refractivity contribution is 0.170. The molecule has 1 aromatic heterocycles. The first kappa shape index (κ1) is 10.2. The average Bonchev–Trinajstić information content (AvgIpc) is 2.16. The molecule has 0 aliphatic carbocycles. The van der Waals surface area contributed by atoms with Gasteiger partial charge in [0.25, 0.3) is 0 Å². The summed E-state index contributed by atoms with van der Waals surface area (Å²) in [4.78, 5) is 4.05. The van der Waals surface area contributed by atoms with Crippen molar-refractivity contribution in [2.24, 2.45) is 0 Å². The number of rotatable bonds is 4. The molecule has 0 bridgehead atoms. The number of nitrogens with zero attached hydrogens (tertiary/aromatic N) is 1. The van der Waals surface area contributed by atoms with Gasteiger partial charge >= 0.3 is 0 Å².